The molecule has 2 amide bonds. The van der Waals surface area contributed by atoms with Gasteiger partial charge in [-0.2, -0.15) is 0 Å². The summed E-state index contributed by atoms with van der Waals surface area (Å²) in [5.41, 5.74) is 0.369. The lowest BCUT2D eigenvalue weighted by atomic mass is 10.0. The number of amides is 2. The van der Waals surface area contributed by atoms with Gasteiger partial charge in [0.05, 0.1) is 6.10 Å². The number of urea groups is 1. The Morgan fingerprint density at radius 1 is 1.35 bits per heavy atom. The van der Waals surface area contributed by atoms with Crippen LogP contribution in [0.25, 0.3) is 0 Å². The van der Waals surface area contributed by atoms with E-state index in [1.54, 1.807) is 0 Å². The molecule has 1 rings (SSSR count). The lowest BCUT2D eigenvalue weighted by molar-refractivity contribution is 0.146. The largest absolute Gasteiger partial charge is 0.391 e. The van der Waals surface area contributed by atoms with Crippen molar-refractivity contribution < 1.29 is 9.90 Å². The zero-order valence-corrected chi connectivity index (χ0v) is 11.3. The molecular formula is C13H26N2O2. The molecule has 0 bridgehead atoms. The van der Waals surface area contributed by atoms with E-state index in [1.165, 1.54) is 12.8 Å². The van der Waals surface area contributed by atoms with E-state index in [4.69, 9.17) is 0 Å². The summed E-state index contributed by atoms with van der Waals surface area (Å²) in [5, 5.41) is 15.2. The molecule has 1 fully saturated rings. The molecule has 3 N–H and O–H groups in total. The number of carbonyl (C=O) groups excluding carboxylic acids is 1. The molecule has 1 saturated carbocycles. The number of rotatable bonds is 7. The third kappa shape index (κ3) is 5.39. The van der Waals surface area contributed by atoms with E-state index < -0.39 is 6.10 Å². The Morgan fingerprint density at radius 3 is 2.47 bits per heavy atom. The Labute approximate surface area is 104 Å². The van der Waals surface area contributed by atoms with Crippen LogP contribution in [0.3, 0.4) is 0 Å². The molecule has 1 unspecified atom stereocenters. The Morgan fingerprint density at radius 2 is 2.00 bits per heavy atom. The van der Waals surface area contributed by atoms with Gasteiger partial charge in [-0.1, -0.05) is 20.8 Å². The van der Waals surface area contributed by atoms with Gasteiger partial charge < -0.3 is 15.7 Å². The van der Waals surface area contributed by atoms with Crippen molar-refractivity contribution in [1.29, 1.82) is 0 Å². The zero-order chi connectivity index (χ0) is 12.9. The smallest absolute Gasteiger partial charge is 0.314 e. The van der Waals surface area contributed by atoms with Crippen LogP contribution in [0.2, 0.25) is 0 Å². The van der Waals surface area contributed by atoms with Crippen molar-refractivity contribution >= 4 is 6.03 Å². The molecule has 0 spiro atoms. The summed E-state index contributed by atoms with van der Waals surface area (Å²) in [6.45, 7) is 7.38. The fraction of sp³-hybridized carbons (Fsp3) is 0.923. The van der Waals surface area contributed by atoms with Crippen molar-refractivity contribution in [2.45, 2.75) is 52.6 Å². The highest BCUT2D eigenvalue weighted by Crippen LogP contribution is 2.47. The predicted octanol–water partition coefficient (Wildman–Crippen LogP) is 1.88. The van der Waals surface area contributed by atoms with Gasteiger partial charge >= 0.3 is 6.03 Å². The molecule has 17 heavy (non-hydrogen) atoms. The van der Waals surface area contributed by atoms with Gasteiger partial charge in [-0.05, 0) is 37.0 Å². The molecule has 0 heterocycles. The molecule has 0 saturated heterocycles. The molecule has 100 valence electrons. The monoisotopic (exact) mass is 242 g/mol. The fourth-order valence-corrected chi connectivity index (χ4v) is 2.00. The average Bonchev–Trinajstić information content (AvgIpc) is 3.03. The molecule has 0 aromatic heterocycles. The Kier molecular flexibility index (Phi) is 5.25. The predicted molar refractivity (Wildman–Crippen MR) is 68.8 cm³/mol. The van der Waals surface area contributed by atoms with Gasteiger partial charge in [0, 0.05) is 13.1 Å². The van der Waals surface area contributed by atoms with Crippen LogP contribution in [0, 0.1) is 11.3 Å². The van der Waals surface area contributed by atoms with Crippen molar-refractivity contribution in [2.75, 3.05) is 13.1 Å². The highest BCUT2D eigenvalue weighted by atomic mass is 16.3. The molecule has 0 aromatic rings. The van der Waals surface area contributed by atoms with Crippen molar-refractivity contribution in [1.82, 2.24) is 10.6 Å². The van der Waals surface area contributed by atoms with E-state index in [-0.39, 0.29) is 6.03 Å². The number of aliphatic hydroxyl groups excluding tert-OH is 1. The first-order valence-electron chi connectivity index (χ1n) is 6.67. The SMILES string of the molecule is CCC1(CNC(=O)NCC(O)CC(C)C)CC1. The normalized spacial score (nSPS) is 18.9. The molecule has 1 atom stereocenters. The fourth-order valence-electron chi connectivity index (χ4n) is 2.00. The van der Waals surface area contributed by atoms with Gasteiger partial charge in [-0.15, -0.1) is 0 Å². The van der Waals surface area contributed by atoms with E-state index in [9.17, 15) is 9.90 Å². The topological polar surface area (TPSA) is 61.4 Å². The molecule has 1 aliphatic rings. The van der Waals surface area contributed by atoms with Gasteiger partial charge in [0.2, 0.25) is 0 Å². The average molecular weight is 242 g/mol. The van der Waals surface area contributed by atoms with E-state index >= 15 is 0 Å². The zero-order valence-electron chi connectivity index (χ0n) is 11.3. The summed E-state index contributed by atoms with van der Waals surface area (Å²) in [4.78, 5) is 11.5. The van der Waals surface area contributed by atoms with Crippen LogP contribution >= 0.6 is 0 Å². The van der Waals surface area contributed by atoms with Crippen LogP contribution in [0.5, 0.6) is 0 Å². The first-order valence-corrected chi connectivity index (χ1v) is 6.67. The summed E-state index contributed by atoms with van der Waals surface area (Å²) >= 11 is 0. The third-order valence-electron chi connectivity index (χ3n) is 3.57. The van der Waals surface area contributed by atoms with Crippen molar-refractivity contribution in [2.24, 2.45) is 11.3 Å². The van der Waals surface area contributed by atoms with E-state index in [0.29, 0.717) is 17.9 Å². The number of hydrogen-bond donors (Lipinski definition) is 3. The molecule has 4 heteroatoms. The lowest BCUT2D eigenvalue weighted by Crippen LogP contribution is -2.42. The summed E-state index contributed by atoms with van der Waals surface area (Å²) < 4.78 is 0. The lowest BCUT2D eigenvalue weighted by Gasteiger charge is -2.16. The van der Waals surface area contributed by atoms with Crippen LogP contribution < -0.4 is 10.6 Å². The second-order valence-electron chi connectivity index (χ2n) is 5.70. The van der Waals surface area contributed by atoms with Crippen molar-refractivity contribution in [3.05, 3.63) is 0 Å². The quantitative estimate of drug-likeness (QED) is 0.638. The minimum absolute atomic E-state index is 0.160. The second kappa shape index (κ2) is 6.24. The maximum absolute atomic E-state index is 11.5. The molecule has 0 aliphatic heterocycles. The van der Waals surface area contributed by atoms with Crippen LogP contribution in [0.4, 0.5) is 4.79 Å². The second-order valence-corrected chi connectivity index (χ2v) is 5.70. The van der Waals surface area contributed by atoms with Crippen LogP contribution in [-0.2, 0) is 0 Å². The first-order chi connectivity index (χ1) is 7.97. The van der Waals surface area contributed by atoms with Gasteiger partial charge in [0.1, 0.15) is 0 Å². The molecule has 1 aliphatic carbocycles. The van der Waals surface area contributed by atoms with E-state index in [0.717, 1.165) is 19.4 Å². The van der Waals surface area contributed by atoms with E-state index in [1.807, 2.05) is 0 Å². The van der Waals surface area contributed by atoms with Gasteiger partial charge in [-0.3, -0.25) is 0 Å². The maximum atomic E-state index is 11.5. The van der Waals surface area contributed by atoms with Crippen LogP contribution in [-0.4, -0.2) is 30.3 Å². The Bertz CT molecular complexity index is 250. The highest BCUT2D eigenvalue weighted by molar-refractivity contribution is 5.73. The van der Waals surface area contributed by atoms with E-state index in [2.05, 4.69) is 31.4 Å². The summed E-state index contributed by atoms with van der Waals surface area (Å²) in [6, 6.07) is -0.160. The molecule has 0 aromatic carbocycles. The van der Waals surface area contributed by atoms with Gasteiger partial charge in [0.25, 0.3) is 0 Å². The minimum Gasteiger partial charge on any atom is -0.391 e. The van der Waals surface area contributed by atoms with Gasteiger partial charge in [0.15, 0.2) is 0 Å². The number of carbonyl (C=O) groups is 1. The number of nitrogens with one attached hydrogen (secondary N) is 2. The third-order valence-corrected chi connectivity index (χ3v) is 3.57. The summed E-state index contributed by atoms with van der Waals surface area (Å²) in [5.74, 6) is 0.449. The Hall–Kier alpha value is -0.770. The first kappa shape index (κ1) is 14.3. The van der Waals surface area contributed by atoms with Crippen LogP contribution in [0.1, 0.15) is 46.5 Å². The maximum Gasteiger partial charge on any atom is 0.314 e. The van der Waals surface area contributed by atoms with Crippen molar-refractivity contribution in [3.63, 3.8) is 0 Å². The number of hydrogen-bond acceptors (Lipinski definition) is 2. The van der Waals surface area contributed by atoms with Crippen LogP contribution in [0.15, 0.2) is 0 Å². The molecule has 0 radical (unpaired) electrons. The minimum atomic E-state index is -0.443. The molecule has 4 nitrogen and oxygen atoms in total. The van der Waals surface area contributed by atoms with Crippen molar-refractivity contribution in [3.8, 4) is 0 Å². The summed E-state index contributed by atoms with van der Waals surface area (Å²) in [6.07, 6.45) is 3.85. The Balaban J connectivity index is 2.09. The number of aliphatic hydroxyl groups is 1. The summed E-state index contributed by atoms with van der Waals surface area (Å²) in [7, 11) is 0. The highest BCUT2D eigenvalue weighted by Gasteiger charge is 2.40. The molecular weight excluding hydrogens is 216 g/mol. The van der Waals surface area contributed by atoms with Gasteiger partial charge in [-0.25, -0.2) is 4.79 Å². The standard InChI is InChI=1S/C13H26N2O2/c1-4-13(5-6-13)9-15-12(17)14-8-11(16)7-10(2)3/h10-11,16H,4-9H2,1-3H3,(H2,14,15,17).